The van der Waals surface area contributed by atoms with E-state index in [0.29, 0.717) is 6.54 Å². The number of carbonyl (C=O) groups is 1. The Labute approximate surface area is 111 Å². The van der Waals surface area contributed by atoms with Crippen LogP contribution in [0.3, 0.4) is 0 Å². The summed E-state index contributed by atoms with van der Waals surface area (Å²) in [7, 11) is 2.96. The van der Waals surface area contributed by atoms with Gasteiger partial charge in [-0.3, -0.25) is 15.0 Å². The maximum atomic E-state index is 12.0. The zero-order valence-electron chi connectivity index (χ0n) is 10.9. The highest BCUT2D eigenvalue weighted by molar-refractivity contribution is 5.81. The van der Waals surface area contributed by atoms with Crippen LogP contribution in [0.4, 0.5) is 0 Å². The van der Waals surface area contributed by atoms with Gasteiger partial charge < -0.3 is 4.74 Å². The van der Waals surface area contributed by atoms with Crippen LogP contribution in [-0.2, 0) is 9.53 Å². The number of rotatable bonds is 3. The van der Waals surface area contributed by atoms with Crippen LogP contribution in [0.2, 0.25) is 0 Å². The van der Waals surface area contributed by atoms with Crippen molar-refractivity contribution in [2.24, 2.45) is 0 Å². The monoisotopic (exact) mass is 264 g/mol. The molecule has 1 fully saturated rings. The van der Waals surface area contributed by atoms with Crippen LogP contribution >= 0.6 is 0 Å². The molecule has 0 N–H and O–H groups in total. The number of esters is 1. The molecule has 0 amide bonds. The van der Waals surface area contributed by atoms with Crippen LogP contribution in [0.15, 0.2) is 30.3 Å². The van der Waals surface area contributed by atoms with Crippen molar-refractivity contribution in [3.8, 4) is 0 Å². The third kappa shape index (κ3) is 2.08. The predicted octanol–water partition coefficient (Wildman–Crippen LogP) is 0.904. The van der Waals surface area contributed by atoms with E-state index < -0.39 is 22.3 Å². The largest absolute Gasteiger partial charge is 0.464 e. The van der Waals surface area contributed by atoms with Crippen molar-refractivity contribution in [2.45, 2.75) is 11.5 Å². The van der Waals surface area contributed by atoms with Crippen LogP contribution < -0.4 is 0 Å². The number of likely N-dealkylation sites (tertiary alicyclic amines) is 1. The molecule has 0 spiro atoms. The molecule has 0 saturated carbocycles. The van der Waals surface area contributed by atoms with Gasteiger partial charge in [0.05, 0.1) is 19.6 Å². The van der Waals surface area contributed by atoms with Crippen molar-refractivity contribution >= 4 is 5.97 Å². The molecule has 6 heteroatoms. The van der Waals surface area contributed by atoms with Crippen LogP contribution in [0.5, 0.6) is 0 Å². The molecular formula is C13H16N2O4. The van der Waals surface area contributed by atoms with Gasteiger partial charge in [-0.1, -0.05) is 30.3 Å². The molecule has 2 rings (SSSR count). The number of benzene rings is 1. The van der Waals surface area contributed by atoms with Crippen molar-refractivity contribution in [3.63, 3.8) is 0 Å². The molecule has 0 aliphatic carbocycles. The number of hydrogen-bond donors (Lipinski definition) is 0. The smallest absolute Gasteiger partial charge is 0.386 e. The summed E-state index contributed by atoms with van der Waals surface area (Å²) >= 11 is 0. The Balaban J connectivity index is 2.51. The van der Waals surface area contributed by atoms with E-state index in [1.165, 1.54) is 7.11 Å². The zero-order valence-corrected chi connectivity index (χ0v) is 10.9. The topological polar surface area (TPSA) is 72.7 Å². The molecule has 102 valence electrons. The first-order valence-corrected chi connectivity index (χ1v) is 5.98. The molecule has 1 aromatic carbocycles. The Hall–Kier alpha value is -1.95. The van der Waals surface area contributed by atoms with E-state index in [1.54, 1.807) is 11.9 Å². The summed E-state index contributed by atoms with van der Waals surface area (Å²) < 4.78 is 4.69. The van der Waals surface area contributed by atoms with E-state index in [0.717, 1.165) is 5.56 Å². The van der Waals surface area contributed by atoms with Gasteiger partial charge in [0.2, 0.25) is 0 Å². The van der Waals surface area contributed by atoms with Gasteiger partial charge in [-0.25, -0.2) is 4.79 Å². The van der Waals surface area contributed by atoms with E-state index in [2.05, 4.69) is 0 Å². The maximum Gasteiger partial charge on any atom is 0.386 e. The Morgan fingerprint density at radius 2 is 2.11 bits per heavy atom. The van der Waals surface area contributed by atoms with Crippen LogP contribution in [0.25, 0.3) is 0 Å². The summed E-state index contributed by atoms with van der Waals surface area (Å²) in [6, 6.07) is 9.09. The van der Waals surface area contributed by atoms with Gasteiger partial charge >= 0.3 is 11.5 Å². The van der Waals surface area contributed by atoms with E-state index in [1.807, 2.05) is 30.3 Å². The van der Waals surface area contributed by atoms with Crippen molar-refractivity contribution in [1.82, 2.24) is 4.90 Å². The number of nitro groups is 1. The lowest BCUT2D eigenvalue weighted by atomic mass is 9.82. The summed E-state index contributed by atoms with van der Waals surface area (Å²) in [6.07, 6.45) is 0. The lowest BCUT2D eigenvalue weighted by molar-refractivity contribution is -0.554. The van der Waals surface area contributed by atoms with E-state index in [4.69, 9.17) is 4.74 Å². The fourth-order valence-electron chi connectivity index (χ4n) is 2.76. The molecule has 1 heterocycles. The number of nitrogens with zero attached hydrogens (tertiary/aromatic N) is 2. The minimum atomic E-state index is -1.72. The quantitative estimate of drug-likeness (QED) is 0.461. The third-order valence-corrected chi connectivity index (χ3v) is 3.65. The number of hydrogen-bond acceptors (Lipinski definition) is 5. The van der Waals surface area contributed by atoms with Gasteiger partial charge in [0.25, 0.3) is 0 Å². The number of ether oxygens (including phenoxy) is 1. The lowest BCUT2D eigenvalue weighted by Gasteiger charge is -2.23. The summed E-state index contributed by atoms with van der Waals surface area (Å²) in [5.74, 6) is -1.28. The van der Waals surface area contributed by atoms with E-state index in [-0.39, 0.29) is 6.54 Å². The minimum absolute atomic E-state index is 0.0617. The highest BCUT2D eigenvalue weighted by Crippen LogP contribution is 2.38. The number of methoxy groups -OCH3 is 1. The summed E-state index contributed by atoms with van der Waals surface area (Å²) in [5.41, 5.74) is -0.931. The lowest BCUT2D eigenvalue weighted by Crippen LogP contribution is -2.52. The van der Waals surface area contributed by atoms with Crippen molar-refractivity contribution in [2.75, 3.05) is 27.2 Å². The average Bonchev–Trinajstić information content (AvgIpc) is 2.77. The number of carbonyl (C=O) groups excluding carboxylic acids is 1. The Bertz CT molecular complexity index is 491. The first-order chi connectivity index (χ1) is 9.02. The van der Waals surface area contributed by atoms with E-state index in [9.17, 15) is 14.9 Å². The highest BCUT2D eigenvalue weighted by atomic mass is 16.6. The SMILES string of the molecule is COC(=O)[C@]1([N+](=O)[O-])CN(C)C[C@H]1c1ccccc1. The fourth-order valence-corrected chi connectivity index (χ4v) is 2.76. The molecule has 19 heavy (non-hydrogen) atoms. The molecule has 1 aromatic rings. The average molecular weight is 264 g/mol. The molecule has 0 unspecified atom stereocenters. The van der Waals surface area contributed by atoms with Gasteiger partial charge in [-0.15, -0.1) is 0 Å². The first kappa shape index (κ1) is 13.5. The second-order valence-corrected chi connectivity index (χ2v) is 4.83. The van der Waals surface area contributed by atoms with Crippen molar-refractivity contribution in [3.05, 3.63) is 46.0 Å². The minimum Gasteiger partial charge on any atom is -0.464 e. The van der Waals surface area contributed by atoms with Crippen molar-refractivity contribution in [1.29, 1.82) is 0 Å². The van der Waals surface area contributed by atoms with Gasteiger partial charge in [0.1, 0.15) is 0 Å². The Kier molecular flexibility index (Phi) is 3.53. The highest BCUT2D eigenvalue weighted by Gasteiger charge is 2.63. The second-order valence-electron chi connectivity index (χ2n) is 4.83. The van der Waals surface area contributed by atoms with Gasteiger partial charge in [0.15, 0.2) is 0 Å². The maximum absolute atomic E-state index is 12.0. The second kappa shape index (κ2) is 4.97. The molecular weight excluding hydrogens is 248 g/mol. The predicted molar refractivity (Wildman–Crippen MR) is 68.4 cm³/mol. The zero-order chi connectivity index (χ0) is 14.0. The molecule has 0 aromatic heterocycles. The number of likely N-dealkylation sites (N-methyl/N-ethyl adjacent to an activating group) is 1. The molecule has 1 aliphatic rings. The molecule has 6 nitrogen and oxygen atoms in total. The Morgan fingerprint density at radius 3 is 2.63 bits per heavy atom. The first-order valence-electron chi connectivity index (χ1n) is 5.98. The van der Waals surface area contributed by atoms with Crippen LogP contribution in [0, 0.1) is 10.1 Å². The van der Waals surface area contributed by atoms with E-state index >= 15 is 0 Å². The summed E-state index contributed by atoms with van der Waals surface area (Å²) in [6.45, 7) is 0.520. The van der Waals surface area contributed by atoms with Gasteiger partial charge in [-0.2, -0.15) is 0 Å². The van der Waals surface area contributed by atoms with Crippen LogP contribution in [0.1, 0.15) is 11.5 Å². The Morgan fingerprint density at radius 1 is 1.47 bits per heavy atom. The van der Waals surface area contributed by atoms with Crippen molar-refractivity contribution < 1.29 is 14.5 Å². The molecule has 0 bridgehead atoms. The fraction of sp³-hybridized carbons (Fsp3) is 0.462. The molecule has 1 aliphatic heterocycles. The van der Waals surface area contributed by atoms with Gasteiger partial charge in [0, 0.05) is 11.5 Å². The molecule has 2 atom stereocenters. The third-order valence-electron chi connectivity index (χ3n) is 3.65. The molecule has 0 radical (unpaired) electrons. The van der Waals surface area contributed by atoms with Gasteiger partial charge in [-0.05, 0) is 12.6 Å². The standard InChI is InChI=1S/C13H16N2O4/c1-14-8-11(10-6-4-3-5-7-10)13(9-14,15(17)18)12(16)19-2/h3-7,11H,8-9H2,1-2H3/t11-,13-/m0/s1. The summed E-state index contributed by atoms with van der Waals surface area (Å²) in [4.78, 5) is 24.8. The molecule has 1 saturated heterocycles. The van der Waals surface area contributed by atoms with Crippen LogP contribution in [-0.4, -0.2) is 48.6 Å². The summed E-state index contributed by atoms with van der Waals surface area (Å²) in [5, 5.41) is 11.5. The normalized spacial score (nSPS) is 27.2.